The molecule has 4 heteroatoms. The van der Waals surface area contributed by atoms with Crippen LogP contribution in [0.5, 0.6) is 0 Å². The standard InChI is InChI=1S/C17H32N2O2/c1-2-21-16-14-15(17(16)6-4-3-5-7-17)18-8-9-19-10-12-20-13-11-19/h15-16,18H,2-14H2,1H3. The lowest BCUT2D eigenvalue weighted by Crippen LogP contribution is -2.65. The Kier molecular flexibility index (Phi) is 5.54. The normalized spacial score (nSPS) is 33.0. The van der Waals surface area contributed by atoms with E-state index in [1.807, 2.05) is 0 Å². The Hall–Kier alpha value is -0.160. The highest BCUT2D eigenvalue weighted by atomic mass is 16.5. The lowest BCUT2D eigenvalue weighted by molar-refractivity contribution is -0.150. The second-order valence-electron chi connectivity index (χ2n) is 6.93. The first-order valence-electron chi connectivity index (χ1n) is 9.00. The number of nitrogens with one attached hydrogen (secondary N) is 1. The van der Waals surface area contributed by atoms with Gasteiger partial charge in [0, 0.05) is 44.2 Å². The summed E-state index contributed by atoms with van der Waals surface area (Å²) in [5.74, 6) is 0. The van der Waals surface area contributed by atoms with Crippen LogP contribution in [-0.2, 0) is 9.47 Å². The summed E-state index contributed by atoms with van der Waals surface area (Å²) in [7, 11) is 0. The van der Waals surface area contributed by atoms with E-state index in [9.17, 15) is 0 Å². The van der Waals surface area contributed by atoms with E-state index >= 15 is 0 Å². The molecular weight excluding hydrogens is 264 g/mol. The fraction of sp³-hybridized carbons (Fsp3) is 1.00. The van der Waals surface area contributed by atoms with Gasteiger partial charge in [0.05, 0.1) is 19.3 Å². The molecule has 1 saturated heterocycles. The molecule has 1 N–H and O–H groups in total. The molecule has 122 valence electrons. The van der Waals surface area contributed by atoms with Crippen LogP contribution in [0.3, 0.4) is 0 Å². The van der Waals surface area contributed by atoms with Crippen LogP contribution in [0.25, 0.3) is 0 Å². The molecule has 4 nitrogen and oxygen atoms in total. The van der Waals surface area contributed by atoms with Crippen molar-refractivity contribution in [3.63, 3.8) is 0 Å². The van der Waals surface area contributed by atoms with Gasteiger partial charge in [0.2, 0.25) is 0 Å². The van der Waals surface area contributed by atoms with E-state index in [0.717, 1.165) is 46.0 Å². The fourth-order valence-corrected chi connectivity index (χ4v) is 4.57. The van der Waals surface area contributed by atoms with Crippen molar-refractivity contribution in [2.75, 3.05) is 46.0 Å². The predicted octanol–water partition coefficient (Wildman–Crippen LogP) is 2.04. The molecule has 21 heavy (non-hydrogen) atoms. The minimum Gasteiger partial charge on any atom is -0.379 e. The lowest BCUT2D eigenvalue weighted by Gasteiger charge is -2.58. The second kappa shape index (κ2) is 7.40. The van der Waals surface area contributed by atoms with E-state index in [4.69, 9.17) is 9.47 Å². The maximum atomic E-state index is 6.03. The summed E-state index contributed by atoms with van der Waals surface area (Å²) in [6.07, 6.45) is 8.68. The predicted molar refractivity (Wildman–Crippen MR) is 84.6 cm³/mol. The van der Waals surface area contributed by atoms with Crippen LogP contribution in [0.4, 0.5) is 0 Å². The van der Waals surface area contributed by atoms with Gasteiger partial charge in [0.15, 0.2) is 0 Å². The SMILES string of the molecule is CCOC1CC(NCCN2CCOCC2)C12CCCCC2. The number of hydrogen-bond donors (Lipinski definition) is 1. The third-order valence-corrected chi connectivity index (χ3v) is 5.86. The summed E-state index contributed by atoms with van der Waals surface area (Å²) >= 11 is 0. The van der Waals surface area contributed by atoms with E-state index in [1.54, 1.807) is 0 Å². The third kappa shape index (κ3) is 3.44. The number of nitrogens with zero attached hydrogens (tertiary/aromatic N) is 1. The number of rotatable bonds is 6. The van der Waals surface area contributed by atoms with Gasteiger partial charge in [-0.1, -0.05) is 19.3 Å². The third-order valence-electron chi connectivity index (χ3n) is 5.86. The molecule has 0 bridgehead atoms. The van der Waals surface area contributed by atoms with Crippen molar-refractivity contribution in [3.8, 4) is 0 Å². The van der Waals surface area contributed by atoms with E-state index < -0.39 is 0 Å². The molecule has 1 spiro atoms. The molecule has 0 aromatic heterocycles. The van der Waals surface area contributed by atoms with Crippen molar-refractivity contribution < 1.29 is 9.47 Å². The highest BCUT2D eigenvalue weighted by molar-refractivity contribution is 5.08. The Morgan fingerprint density at radius 3 is 2.67 bits per heavy atom. The summed E-state index contributed by atoms with van der Waals surface area (Å²) in [6.45, 7) is 9.28. The average molecular weight is 296 g/mol. The van der Waals surface area contributed by atoms with Gasteiger partial charge in [-0.05, 0) is 26.2 Å². The molecule has 0 amide bonds. The van der Waals surface area contributed by atoms with E-state index in [-0.39, 0.29) is 0 Å². The fourth-order valence-electron chi connectivity index (χ4n) is 4.57. The molecule has 3 fully saturated rings. The summed E-state index contributed by atoms with van der Waals surface area (Å²) in [5.41, 5.74) is 0.458. The maximum absolute atomic E-state index is 6.03. The molecule has 0 aromatic carbocycles. The molecule has 3 aliphatic rings. The summed E-state index contributed by atoms with van der Waals surface area (Å²) in [6, 6.07) is 0.690. The Morgan fingerprint density at radius 1 is 1.19 bits per heavy atom. The number of hydrogen-bond acceptors (Lipinski definition) is 4. The summed E-state index contributed by atoms with van der Waals surface area (Å²) < 4.78 is 11.4. The Labute approximate surface area is 129 Å². The lowest BCUT2D eigenvalue weighted by atomic mass is 9.55. The van der Waals surface area contributed by atoms with E-state index in [1.165, 1.54) is 38.5 Å². The molecule has 2 aliphatic carbocycles. The minimum absolute atomic E-state index is 0.458. The van der Waals surface area contributed by atoms with E-state index in [0.29, 0.717) is 17.6 Å². The van der Waals surface area contributed by atoms with Crippen LogP contribution < -0.4 is 5.32 Å². The smallest absolute Gasteiger partial charge is 0.0661 e. The van der Waals surface area contributed by atoms with Gasteiger partial charge >= 0.3 is 0 Å². The Bertz CT molecular complexity index is 312. The first-order valence-corrected chi connectivity index (χ1v) is 9.00. The molecule has 2 saturated carbocycles. The number of ether oxygens (including phenoxy) is 2. The molecule has 1 aliphatic heterocycles. The van der Waals surface area contributed by atoms with Crippen LogP contribution in [0.15, 0.2) is 0 Å². The zero-order chi connectivity index (χ0) is 14.5. The topological polar surface area (TPSA) is 33.7 Å². The van der Waals surface area contributed by atoms with Crippen molar-refractivity contribution in [3.05, 3.63) is 0 Å². The molecule has 1 heterocycles. The molecular formula is C17H32N2O2. The average Bonchev–Trinajstić information content (AvgIpc) is 2.55. The van der Waals surface area contributed by atoms with Crippen LogP contribution >= 0.6 is 0 Å². The molecule has 2 unspecified atom stereocenters. The van der Waals surface area contributed by atoms with Crippen molar-refractivity contribution in [2.24, 2.45) is 5.41 Å². The van der Waals surface area contributed by atoms with Gasteiger partial charge in [-0.2, -0.15) is 0 Å². The van der Waals surface area contributed by atoms with Gasteiger partial charge in [-0.25, -0.2) is 0 Å². The Morgan fingerprint density at radius 2 is 1.95 bits per heavy atom. The second-order valence-corrected chi connectivity index (χ2v) is 6.93. The zero-order valence-electron chi connectivity index (χ0n) is 13.6. The highest BCUT2D eigenvalue weighted by Crippen LogP contribution is 2.53. The summed E-state index contributed by atoms with van der Waals surface area (Å²) in [5, 5.41) is 3.85. The van der Waals surface area contributed by atoms with Crippen LogP contribution in [0, 0.1) is 5.41 Å². The Balaban J connectivity index is 1.45. The monoisotopic (exact) mass is 296 g/mol. The molecule has 3 rings (SSSR count). The zero-order valence-corrected chi connectivity index (χ0v) is 13.6. The van der Waals surface area contributed by atoms with Gasteiger partial charge < -0.3 is 14.8 Å². The first kappa shape index (κ1) is 15.7. The molecule has 0 radical (unpaired) electrons. The van der Waals surface area contributed by atoms with Crippen LogP contribution in [-0.4, -0.2) is 63.0 Å². The van der Waals surface area contributed by atoms with Gasteiger partial charge in [-0.3, -0.25) is 4.90 Å². The van der Waals surface area contributed by atoms with Crippen molar-refractivity contribution in [1.82, 2.24) is 10.2 Å². The summed E-state index contributed by atoms with van der Waals surface area (Å²) in [4.78, 5) is 2.52. The number of morpholine rings is 1. The van der Waals surface area contributed by atoms with E-state index in [2.05, 4.69) is 17.1 Å². The highest BCUT2D eigenvalue weighted by Gasteiger charge is 2.55. The van der Waals surface area contributed by atoms with Crippen LogP contribution in [0.2, 0.25) is 0 Å². The van der Waals surface area contributed by atoms with Crippen molar-refractivity contribution in [2.45, 2.75) is 57.6 Å². The van der Waals surface area contributed by atoms with Crippen LogP contribution in [0.1, 0.15) is 45.4 Å². The molecule has 2 atom stereocenters. The molecule has 0 aromatic rings. The quantitative estimate of drug-likeness (QED) is 0.813. The largest absolute Gasteiger partial charge is 0.379 e. The maximum Gasteiger partial charge on any atom is 0.0661 e. The minimum atomic E-state index is 0.458. The van der Waals surface area contributed by atoms with Gasteiger partial charge in [-0.15, -0.1) is 0 Å². The van der Waals surface area contributed by atoms with Crippen molar-refractivity contribution >= 4 is 0 Å². The van der Waals surface area contributed by atoms with Gasteiger partial charge in [0.1, 0.15) is 0 Å². The van der Waals surface area contributed by atoms with Crippen molar-refractivity contribution in [1.29, 1.82) is 0 Å². The first-order chi connectivity index (χ1) is 10.3. The van der Waals surface area contributed by atoms with Gasteiger partial charge in [0.25, 0.3) is 0 Å².